The molecule has 0 fully saturated rings. The molecule has 1 heterocycles. The zero-order chi connectivity index (χ0) is 11.3. The van der Waals surface area contributed by atoms with Crippen molar-refractivity contribution in [2.75, 3.05) is 6.54 Å². The van der Waals surface area contributed by atoms with Crippen LogP contribution in [-0.2, 0) is 6.54 Å². The van der Waals surface area contributed by atoms with E-state index in [9.17, 15) is 0 Å². The fraction of sp³-hybridized carbons (Fsp3) is 0.583. The van der Waals surface area contributed by atoms with Gasteiger partial charge >= 0.3 is 0 Å². The van der Waals surface area contributed by atoms with Crippen LogP contribution in [0.1, 0.15) is 36.7 Å². The molecule has 0 saturated heterocycles. The van der Waals surface area contributed by atoms with Crippen LogP contribution in [0.4, 0.5) is 0 Å². The van der Waals surface area contributed by atoms with E-state index >= 15 is 0 Å². The van der Waals surface area contributed by atoms with Crippen molar-refractivity contribution in [1.29, 1.82) is 0 Å². The van der Waals surface area contributed by atoms with E-state index in [1.165, 1.54) is 5.69 Å². The topological polar surface area (TPSA) is 43.8 Å². The lowest BCUT2D eigenvalue weighted by molar-refractivity contribution is 0.583. The second kappa shape index (κ2) is 5.57. The van der Waals surface area contributed by atoms with Gasteiger partial charge in [-0.25, -0.2) is 0 Å². The van der Waals surface area contributed by atoms with Crippen molar-refractivity contribution in [1.82, 2.24) is 9.78 Å². The molecule has 0 aliphatic rings. The van der Waals surface area contributed by atoms with Crippen molar-refractivity contribution in [3.8, 4) is 11.8 Å². The van der Waals surface area contributed by atoms with Gasteiger partial charge in [-0.05, 0) is 20.3 Å². The van der Waals surface area contributed by atoms with Gasteiger partial charge in [0.2, 0.25) is 0 Å². The Labute approximate surface area is 91.7 Å². The van der Waals surface area contributed by atoms with E-state index in [2.05, 4.69) is 30.8 Å². The van der Waals surface area contributed by atoms with Crippen molar-refractivity contribution < 1.29 is 0 Å². The summed E-state index contributed by atoms with van der Waals surface area (Å²) in [6.45, 7) is 7.81. The Kier molecular flexibility index (Phi) is 4.38. The SMILES string of the molecule is CCCn1nc(C)c(C#CCCN)c1C. The van der Waals surface area contributed by atoms with Gasteiger partial charge in [-0.15, -0.1) is 0 Å². The summed E-state index contributed by atoms with van der Waals surface area (Å²) in [5.74, 6) is 6.21. The summed E-state index contributed by atoms with van der Waals surface area (Å²) in [6.07, 6.45) is 1.84. The average molecular weight is 205 g/mol. The van der Waals surface area contributed by atoms with Crippen molar-refractivity contribution in [3.05, 3.63) is 17.0 Å². The van der Waals surface area contributed by atoms with Crippen LogP contribution in [0.15, 0.2) is 0 Å². The molecule has 15 heavy (non-hydrogen) atoms. The van der Waals surface area contributed by atoms with Crippen molar-refractivity contribution >= 4 is 0 Å². The minimum absolute atomic E-state index is 0.619. The van der Waals surface area contributed by atoms with Crippen molar-refractivity contribution in [3.63, 3.8) is 0 Å². The maximum Gasteiger partial charge on any atom is 0.0753 e. The molecule has 1 rings (SSSR count). The predicted molar refractivity (Wildman–Crippen MR) is 62.5 cm³/mol. The number of rotatable bonds is 3. The van der Waals surface area contributed by atoms with Gasteiger partial charge in [-0.3, -0.25) is 4.68 Å². The molecule has 0 atom stereocenters. The quantitative estimate of drug-likeness (QED) is 0.762. The Bertz CT molecular complexity index is 380. The lowest BCUT2D eigenvalue weighted by Gasteiger charge is -1.99. The number of hydrogen-bond acceptors (Lipinski definition) is 2. The van der Waals surface area contributed by atoms with Crippen LogP contribution in [0.5, 0.6) is 0 Å². The molecular formula is C12H19N3. The Morgan fingerprint density at radius 1 is 1.40 bits per heavy atom. The zero-order valence-corrected chi connectivity index (χ0v) is 9.80. The molecule has 0 aromatic carbocycles. The van der Waals surface area contributed by atoms with Gasteiger partial charge in [0, 0.05) is 19.5 Å². The summed E-state index contributed by atoms with van der Waals surface area (Å²) in [6, 6.07) is 0. The normalized spacial score (nSPS) is 9.87. The first-order valence-corrected chi connectivity index (χ1v) is 5.43. The second-order valence-electron chi connectivity index (χ2n) is 3.61. The molecule has 0 unspecified atom stereocenters. The molecule has 0 aliphatic carbocycles. The van der Waals surface area contributed by atoms with Crippen LogP contribution < -0.4 is 5.73 Å². The molecule has 1 aromatic heterocycles. The van der Waals surface area contributed by atoms with Gasteiger partial charge in [0.1, 0.15) is 0 Å². The van der Waals surface area contributed by atoms with E-state index in [4.69, 9.17) is 5.73 Å². The van der Waals surface area contributed by atoms with Crippen LogP contribution in [0.25, 0.3) is 0 Å². The van der Waals surface area contributed by atoms with Gasteiger partial charge in [0.05, 0.1) is 17.0 Å². The number of hydrogen-bond donors (Lipinski definition) is 1. The Hall–Kier alpha value is -1.27. The van der Waals surface area contributed by atoms with E-state index in [1.54, 1.807) is 0 Å². The molecule has 3 nitrogen and oxygen atoms in total. The molecule has 2 N–H and O–H groups in total. The smallest absolute Gasteiger partial charge is 0.0753 e. The summed E-state index contributed by atoms with van der Waals surface area (Å²) in [5, 5.41) is 4.46. The van der Waals surface area contributed by atoms with E-state index < -0.39 is 0 Å². The summed E-state index contributed by atoms with van der Waals surface area (Å²) in [4.78, 5) is 0. The third-order valence-electron chi connectivity index (χ3n) is 2.30. The van der Waals surface area contributed by atoms with Crippen LogP contribution in [0.2, 0.25) is 0 Å². The molecular weight excluding hydrogens is 186 g/mol. The highest BCUT2D eigenvalue weighted by molar-refractivity contribution is 5.41. The summed E-state index contributed by atoms with van der Waals surface area (Å²) < 4.78 is 2.03. The monoisotopic (exact) mass is 205 g/mol. The largest absolute Gasteiger partial charge is 0.330 e. The molecule has 0 saturated carbocycles. The molecule has 0 amide bonds. The minimum atomic E-state index is 0.619. The highest BCUT2D eigenvalue weighted by Gasteiger charge is 2.07. The van der Waals surface area contributed by atoms with E-state index in [-0.39, 0.29) is 0 Å². The second-order valence-corrected chi connectivity index (χ2v) is 3.61. The lowest BCUT2D eigenvalue weighted by Crippen LogP contribution is -2.01. The van der Waals surface area contributed by atoms with E-state index in [1.807, 2.05) is 11.6 Å². The highest BCUT2D eigenvalue weighted by atomic mass is 15.3. The van der Waals surface area contributed by atoms with E-state index in [0.29, 0.717) is 6.54 Å². The van der Waals surface area contributed by atoms with Gasteiger partial charge < -0.3 is 5.73 Å². The number of aromatic nitrogens is 2. The zero-order valence-electron chi connectivity index (χ0n) is 9.80. The van der Waals surface area contributed by atoms with Gasteiger partial charge in [-0.2, -0.15) is 5.10 Å². The maximum atomic E-state index is 5.40. The van der Waals surface area contributed by atoms with Gasteiger partial charge in [0.25, 0.3) is 0 Å². The van der Waals surface area contributed by atoms with Crippen LogP contribution in [0.3, 0.4) is 0 Å². The average Bonchev–Trinajstić information content (AvgIpc) is 2.46. The lowest BCUT2D eigenvalue weighted by atomic mass is 10.2. The fourth-order valence-corrected chi connectivity index (χ4v) is 1.53. The minimum Gasteiger partial charge on any atom is -0.330 e. The Morgan fingerprint density at radius 3 is 2.73 bits per heavy atom. The maximum absolute atomic E-state index is 5.40. The highest BCUT2D eigenvalue weighted by Crippen LogP contribution is 2.11. The van der Waals surface area contributed by atoms with Gasteiger partial charge in [-0.1, -0.05) is 18.8 Å². The molecule has 0 aliphatic heterocycles. The predicted octanol–water partition coefficient (Wildman–Crippen LogP) is 1.61. The van der Waals surface area contributed by atoms with Crippen LogP contribution >= 0.6 is 0 Å². The molecule has 3 heteroatoms. The number of nitrogens with two attached hydrogens (primary N) is 1. The van der Waals surface area contributed by atoms with Crippen molar-refractivity contribution in [2.24, 2.45) is 5.73 Å². The summed E-state index contributed by atoms with van der Waals surface area (Å²) in [5.41, 5.74) is 8.65. The third-order valence-corrected chi connectivity index (χ3v) is 2.30. The standard InChI is InChI=1S/C12H19N3/c1-4-9-15-11(3)12(10(2)14-15)7-5-6-8-13/h4,6,8-9,13H2,1-3H3. The first-order valence-electron chi connectivity index (χ1n) is 5.43. The molecule has 0 bridgehead atoms. The molecule has 82 valence electrons. The molecule has 0 spiro atoms. The number of nitrogens with zero attached hydrogens (tertiary/aromatic N) is 2. The van der Waals surface area contributed by atoms with E-state index in [0.717, 1.165) is 30.6 Å². The first kappa shape index (κ1) is 11.8. The van der Waals surface area contributed by atoms with Crippen LogP contribution in [0, 0.1) is 25.7 Å². The Balaban J connectivity index is 2.94. The van der Waals surface area contributed by atoms with Crippen molar-refractivity contribution in [2.45, 2.75) is 40.2 Å². The number of aryl methyl sites for hydroxylation is 2. The Morgan fingerprint density at radius 2 is 2.13 bits per heavy atom. The third kappa shape index (κ3) is 2.84. The summed E-state index contributed by atoms with van der Waals surface area (Å²) >= 11 is 0. The van der Waals surface area contributed by atoms with Crippen LogP contribution in [-0.4, -0.2) is 16.3 Å². The van der Waals surface area contributed by atoms with Gasteiger partial charge in [0.15, 0.2) is 0 Å². The summed E-state index contributed by atoms with van der Waals surface area (Å²) in [7, 11) is 0. The molecule has 1 aromatic rings. The fourth-order valence-electron chi connectivity index (χ4n) is 1.53. The first-order chi connectivity index (χ1) is 7.20. The molecule has 0 radical (unpaired) electrons.